The minimum atomic E-state index is -1.19. The van der Waals surface area contributed by atoms with Gasteiger partial charge in [-0.05, 0) is 104 Å². The molecule has 55 heavy (non-hydrogen) atoms. The lowest BCUT2D eigenvalue weighted by atomic mass is 9.92. The van der Waals surface area contributed by atoms with E-state index in [2.05, 4.69) is 237 Å². The van der Waals surface area contributed by atoms with Crippen LogP contribution in [0, 0.1) is 0 Å². The van der Waals surface area contributed by atoms with E-state index in [1.807, 2.05) is 0 Å². The second-order valence-electron chi connectivity index (χ2n) is 13.7. The van der Waals surface area contributed by atoms with Crippen molar-refractivity contribution in [1.82, 2.24) is 0 Å². The summed E-state index contributed by atoms with van der Waals surface area (Å²) in [6.45, 7) is 0. The molecule has 0 aliphatic rings. The molecule has 9 aromatic rings. The van der Waals surface area contributed by atoms with Gasteiger partial charge in [-0.15, -0.1) is 0 Å². The Morgan fingerprint density at radius 1 is 0.200 bits per heavy atom. The first-order chi connectivity index (χ1) is 27.3. The summed E-state index contributed by atoms with van der Waals surface area (Å²) >= 11 is 0. The van der Waals surface area contributed by atoms with E-state index >= 15 is 0 Å². The van der Waals surface area contributed by atoms with Gasteiger partial charge in [0.2, 0.25) is 0 Å². The molecule has 0 N–H and O–H groups in total. The fourth-order valence-electron chi connectivity index (χ4n) is 7.64. The molecule has 0 unspecified atom stereocenters. The maximum absolute atomic E-state index is 2.44. The standard InChI is InChI=1S/C54H39P/c1-8-22-40(23-9-1)46-36-49(42-26-12-3-13-27-42)53(50(37-46)43-28-14-4-15-29-43)55(48-34-20-7-21-35-48)54-51(44-30-16-5-17-31-44)38-47(41-24-10-2-11-25-41)39-52(54)45-32-18-6-19-33-45/h1-39H. The molecule has 0 spiro atoms. The summed E-state index contributed by atoms with van der Waals surface area (Å²) in [5.74, 6) is 0. The molecule has 0 aromatic heterocycles. The highest BCUT2D eigenvalue weighted by Gasteiger charge is 2.30. The predicted octanol–water partition coefficient (Wildman–Crippen LogP) is 13.4. The summed E-state index contributed by atoms with van der Waals surface area (Å²) in [5.41, 5.74) is 14.7. The Hall–Kier alpha value is -6.59. The number of hydrogen-bond donors (Lipinski definition) is 0. The highest BCUT2D eigenvalue weighted by molar-refractivity contribution is 7.80. The van der Waals surface area contributed by atoms with Gasteiger partial charge in [0.15, 0.2) is 0 Å². The second kappa shape index (κ2) is 15.8. The average molecular weight is 719 g/mol. The summed E-state index contributed by atoms with van der Waals surface area (Å²) in [6, 6.07) is 86.6. The lowest BCUT2D eigenvalue weighted by Gasteiger charge is -2.31. The minimum absolute atomic E-state index is 1.19. The molecule has 0 bridgehead atoms. The van der Waals surface area contributed by atoms with Crippen LogP contribution in [0.3, 0.4) is 0 Å². The fraction of sp³-hybridized carbons (Fsp3) is 0. The Labute approximate surface area is 325 Å². The molecule has 0 aliphatic heterocycles. The van der Waals surface area contributed by atoms with Crippen molar-refractivity contribution in [2.45, 2.75) is 0 Å². The topological polar surface area (TPSA) is 0 Å². The number of hydrogen-bond acceptors (Lipinski definition) is 0. The van der Waals surface area contributed by atoms with E-state index in [4.69, 9.17) is 0 Å². The first-order valence-corrected chi connectivity index (χ1v) is 20.2. The summed E-state index contributed by atoms with van der Waals surface area (Å²) in [5, 5.41) is 4.00. The molecule has 260 valence electrons. The van der Waals surface area contributed by atoms with E-state index in [-0.39, 0.29) is 0 Å². The third-order valence-corrected chi connectivity index (χ3v) is 12.9. The summed E-state index contributed by atoms with van der Waals surface area (Å²) in [7, 11) is -1.19. The first kappa shape index (κ1) is 34.2. The molecule has 0 saturated heterocycles. The zero-order chi connectivity index (χ0) is 36.8. The van der Waals surface area contributed by atoms with Crippen LogP contribution in [0.2, 0.25) is 0 Å². The Balaban J connectivity index is 1.47. The number of rotatable bonds is 9. The lowest BCUT2D eigenvalue weighted by molar-refractivity contribution is 1.58. The van der Waals surface area contributed by atoms with Crippen LogP contribution in [0.5, 0.6) is 0 Å². The van der Waals surface area contributed by atoms with Crippen molar-refractivity contribution in [3.63, 3.8) is 0 Å². The van der Waals surface area contributed by atoms with Gasteiger partial charge in [-0.2, -0.15) is 0 Å². The Morgan fingerprint density at radius 3 is 0.673 bits per heavy atom. The zero-order valence-corrected chi connectivity index (χ0v) is 31.4. The van der Waals surface area contributed by atoms with Crippen molar-refractivity contribution < 1.29 is 0 Å². The highest BCUT2D eigenvalue weighted by Crippen LogP contribution is 2.48. The highest BCUT2D eigenvalue weighted by atomic mass is 31.1. The van der Waals surface area contributed by atoms with Gasteiger partial charge in [0.25, 0.3) is 0 Å². The van der Waals surface area contributed by atoms with Crippen molar-refractivity contribution in [2.75, 3.05) is 0 Å². The van der Waals surface area contributed by atoms with Crippen LogP contribution in [0.1, 0.15) is 0 Å². The van der Waals surface area contributed by atoms with Gasteiger partial charge in [-0.3, -0.25) is 0 Å². The first-order valence-electron chi connectivity index (χ1n) is 18.9. The zero-order valence-electron chi connectivity index (χ0n) is 30.5. The second-order valence-corrected chi connectivity index (χ2v) is 15.8. The molecule has 0 heterocycles. The van der Waals surface area contributed by atoms with Crippen molar-refractivity contribution in [3.05, 3.63) is 237 Å². The van der Waals surface area contributed by atoms with Gasteiger partial charge >= 0.3 is 0 Å². The smallest absolute Gasteiger partial charge is 0.000677 e. The molecular weight excluding hydrogens is 680 g/mol. The Morgan fingerprint density at radius 2 is 0.418 bits per heavy atom. The van der Waals surface area contributed by atoms with E-state index in [0.717, 1.165) is 0 Å². The van der Waals surface area contributed by atoms with E-state index in [1.54, 1.807) is 0 Å². The van der Waals surface area contributed by atoms with Crippen LogP contribution >= 0.6 is 7.92 Å². The van der Waals surface area contributed by atoms with E-state index in [9.17, 15) is 0 Å². The van der Waals surface area contributed by atoms with Crippen LogP contribution in [0.15, 0.2) is 237 Å². The monoisotopic (exact) mass is 718 g/mol. The van der Waals surface area contributed by atoms with E-state index < -0.39 is 7.92 Å². The molecule has 0 aliphatic carbocycles. The minimum Gasteiger partial charge on any atom is -0.0622 e. The fourth-order valence-corrected chi connectivity index (χ4v) is 10.6. The van der Waals surface area contributed by atoms with Crippen LogP contribution in [0.25, 0.3) is 66.8 Å². The van der Waals surface area contributed by atoms with Crippen molar-refractivity contribution >= 4 is 23.8 Å². The van der Waals surface area contributed by atoms with Gasteiger partial charge in [-0.1, -0.05) is 212 Å². The third-order valence-electron chi connectivity index (χ3n) is 10.2. The molecule has 9 aromatic carbocycles. The maximum Gasteiger partial charge on any atom is 0.000677 e. The SMILES string of the molecule is c1ccc(-c2cc(-c3ccccc3)c(P(c3ccccc3)c3c(-c4ccccc4)cc(-c4ccccc4)cc3-c3ccccc3)c(-c3ccccc3)c2)cc1. The molecule has 1 heteroatoms. The predicted molar refractivity (Wildman–Crippen MR) is 238 cm³/mol. The molecule has 9 rings (SSSR count). The molecular formula is C54H39P. The summed E-state index contributed by atoms with van der Waals surface area (Å²) in [4.78, 5) is 0. The molecule has 0 fully saturated rings. The Bertz CT molecular complexity index is 2350. The van der Waals surface area contributed by atoms with E-state index in [0.29, 0.717) is 0 Å². The summed E-state index contributed by atoms with van der Waals surface area (Å²) in [6.07, 6.45) is 0. The van der Waals surface area contributed by atoms with Crippen LogP contribution in [-0.2, 0) is 0 Å². The normalized spacial score (nSPS) is 11.1. The summed E-state index contributed by atoms with van der Waals surface area (Å²) < 4.78 is 0. The third kappa shape index (κ3) is 7.09. The van der Waals surface area contributed by atoms with Crippen LogP contribution in [-0.4, -0.2) is 0 Å². The largest absolute Gasteiger partial charge is 0.0622 e. The van der Waals surface area contributed by atoms with Gasteiger partial charge in [0, 0.05) is 10.6 Å². The Kier molecular flexibility index (Phi) is 9.82. The van der Waals surface area contributed by atoms with Crippen molar-refractivity contribution in [3.8, 4) is 66.8 Å². The average Bonchev–Trinajstić information content (AvgIpc) is 3.28. The van der Waals surface area contributed by atoms with E-state index in [1.165, 1.54) is 82.7 Å². The van der Waals surface area contributed by atoms with Gasteiger partial charge in [0.1, 0.15) is 0 Å². The molecule has 0 radical (unpaired) electrons. The van der Waals surface area contributed by atoms with Gasteiger partial charge < -0.3 is 0 Å². The number of benzene rings is 9. The quantitative estimate of drug-likeness (QED) is 0.130. The lowest BCUT2D eigenvalue weighted by Crippen LogP contribution is -2.27. The maximum atomic E-state index is 2.44. The van der Waals surface area contributed by atoms with Crippen LogP contribution in [0.4, 0.5) is 0 Å². The van der Waals surface area contributed by atoms with Crippen molar-refractivity contribution in [2.24, 2.45) is 0 Å². The molecule has 0 amide bonds. The van der Waals surface area contributed by atoms with Crippen molar-refractivity contribution in [1.29, 1.82) is 0 Å². The van der Waals surface area contributed by atoms with Crippen LogP contribution < -0.4 is 15.9 Å². The molecule has 0 saturated carbocycles. The van der Waals surface area contributed by atoms with Gasteiger partial charge in [0.05, 0.1) is 0 Å². The molecule has 0 nitrogen and oxygen atoms in total. The molecule has 0 atom stereocenters. The van der Waals surface area contributed by atoms with Gasteiger partial charge in [-0.25, -0.2) is 0 Å².